The van der Waals surface area contributed by atoms with Gasteiger partial charge in [-0.05, 0) is 5.92 Å². The molecule has 0 aliphatic heterocycles. The lowest BCUT2D eigenvalue weighted by Gasteiger charge is -2.14. The van der Waals surface area contributed by atoms with Gasteiger partial charge in [-0.15, -0.1) is 0 Å². The summed E-state index contributed by atoms with van der Waals surface area (Å²) in [6, 6.07) is 9.02. The number of esters is 1. The minimum atomic E-state index is -1.29. The van der Waals surface area contributed by atoms with Gasteiger partial charge in [-0.3, -0.25) is 0 Å². The van der Waals surface area contributed by atoms with Crippen LogP contribution in [0.4, 0.5) is 0 Å². The first-order valence-electron chi connectivity index (χ1n) is 6.74. The van der Waals surface area contributed by atoms with Gasteiger partial charge < -0.3 is 9.84 Å². The van der Waals surface area contributed by atoms with E-state index in [1.807, 2.05) is 32.0 Å². The molecule has 1 aromatic carbocycles. The zero-order chi connectivity index (χ0) is 16.3. The molecule has 0 saturated carbocycles. The smallest absolute Gasteiger partial charge is 0.355 e. The highest BCUT2D eigenvalue weighted by molar-refractivity contribution is 6.02. The van der Waals surface area contributed by atoms with Gasteiger partial charge in [0.2, 0.25) is 0 Å². The summed E-state index contributed by atoms with van der Waals surface area (Å²) in [5, 5.41) is 9.39. The average Bonchev–Trinajstić information content (AvgIpc) is 2.53. The Morgan fingerprint density at radius 3 is 2.27 bits per heavy atom. The van der Waals surface area contributed by atoms with E-state index in [9.17, 15) is 14.7 Å². The molecule has 0 unspecified atom stereocenters. The van der Waals surface area contributed by atoms with Crippen molar-refractivity contribution in [2.24, 2.45) is 0 Å². The lowest BCUT2D eigenvalue weighted by atomic mass is 10.0. The van der Waals surface area contributed by atoms with Crippen LogP contribution < -0.4 is 0 Å². The van der Waals surface area contributed by atoms with Gasteiger partial charge >= 0.3 is 11.9 Å². The second-order valence-electron chi connectivity index (χ2n) is 4.97. The second-order valence-corrected chi connectivity index (χ2v) is 4.97. The van der Waals surface area contributed by atoms with Crippen molar-refractivity contribution in [2.45, 2.75) is 19.8 Å². The van der Waals surface area contributed by atoms with Gasteiger partial charge in [-0.1, -0.05) is 44.2 Å². The summed E-state index contributed by atoms with van der Waals surface area (Å²) in [4.78, 5) is 31.9. The number of rotatable bonds is 4. The van der Waals surface area contributed by atoms with E-state index in [0.717, 1.165) is 0 Å². The van der Waals surface area contributed by atoms with Crippen molar-refractivity contribution in [3.05, 3.63) is 47.3 Å². The number of carbonyl (C=O) groups excluding carboxylic acids is 1. The zero-order valence-electron chi connectivity index (χ0n) is 12.5. The molecule has 0 saturated heterocycles. The maximum Gasteiger partial charge on any atom is 0.355 e. The number of carboxylic acids is 1. The fraction of sp³-hybridized carbons (Fsp3) is 0.250. The summed E-state index contributed by atoms with van der Waals surface area (Å²) in [5.41, 5.74) is 0.607. The zero-order valence-corrected chi connectivity index (χ0v) is 12.5. The third kappa shape index (κ3) is 2.95. The molecule has 0 radical (unpaired) electrons. The number of hydrogen-bond donors (Lipinski definition) is 1. The van der Waals surface area contributed by atoms with Crippen LogP contribution in [0.3, 0.4) is 0 Å². The molecule has 114 valence electrons. The lowest BCUT2D eigenvalue weighted by Crippen LogP contribution is -2.18. The molecule has 1 heterocycles. The van der Waals surface area contributed by atoms with Crippen molar-refractivity contribution in [3.63, 3.8) is 0 Å². The Kier molecular flexibility index (Phi) is 4.50. The number of aromatic nitrogens is 2. The van der Waals surface area contributed by atoms with Gasteiger partial charge in [-0.25, -0.2) is 19.6 Å². The molecule has 0 aliphatic carbocycles. The highest BCUT2D eigenvalue weighted by Gasteiger charge is 2.27. The van der Waals surface area contributed by atoms with Gasteiger partial charge in [0.15, 0.2) is 11.5 Å². The van der Waals surface area contributed by atoms with Crippen molar-refractivity contribution >= 4 is 11.9 Å². The predicted molar refractivity (Wildman–Crippen MR) is 79.9 cm³/mol. The van der Waals surface area contributed by atoms with Crippen molar-refractivity contribution < 1.29 is 19.4 Å². The van der Waals surface area contributed by atoms with Crippen LogP contribution in [-0.2, 0) is 4.74 Å². The van der Waals surface area contributed by atoms with Gasteiger partial charge in [-0.2, -0.15) is 0 Å². The number of aromatic carboxylic acids is 1. The SMILES string of the molecule is COC(=O)c1c(C(=O)O)nc(-c2ccccc2)nc1C(C)C. The molecule has 22 heavy (non-hydrogen) atoms. The fourth-order valence-corrected chi connectivity index (χ4v) is 2.07. The van der Waals surface area contributed by atoms with Crippen LogP contribution in [0.1, 0.15) is 46.3 Å². The molecule has 2 aromatic rings. The number of carboxylic acid groups (broad SMARTS) is 1. The van der Waals surface area contributed by atoms with Crippen molar-refractivity contribution in [2.75, 3.05) is 7.11 Å². The summed E-state index contributed by atoms with van der Waals surface area (Å²) in [6.45, 7) is 3.66. The third-order valence-corrected chi connectivity index (χ3v) is 3.11. The summed E-state index contributed by atoms with van der Waals surface area (Å²) in [6.07, 6.45) is 0. The van der Waals surface area contributed by atoms with Gasteiger partial charge in [0.1, 0.15) is 5.56 Å². The Balaban J connectivity index is 2.76. The summed E-state index contributed by atoms with van der Waals surface area (Å²) < 4.78 is 4.68. The second kappa shape index (κ2) is 6.34. The molecule has 0 spiro atoms. The van der Waals surface area contributed by atoms with Crippen LogP contribution >= 0.6 is 0 Å². The van der Waals surface area contributed by atoms with Crippen LogP contribution in [0.2, 0.25) is 0 Å². The standard InChI is InChI=1S/C16H16N2O4/c1-9(2)12-11(16(21)22-3)13(15(19)20)18-14(17-12)10-7-5-4-6-8-10/h4-9H,1-3H3,(H,19,20). The lowest BCUT2D eigenvalue weighted by molar-refractivity contribution is 0.0577. The fourth-order valence-electron chi connectivity index (χ4n) is 2.07. The van der Waals surface area contributed by atoms with Crippen LogP contribution in [0.5, 0.6) is 0 Å². The Bertz CT molecular complexity index is 712. The van der Waals surface area contributed by atoms with E-state index in [1.54, 1.807) is 12.1 Å². The number of benzene rings is 1. The van der Waals surface area contributed by atoms with E-state index < -0.39 is 11.9 Å². The van der Waals surface area contributed by atoms with Crippen LogP contribution in [0.25, 0.3) is 11.4 Å². The Morgan fingerprint density at radius 1 is 1.14 bits per heavy atom. The first-order chi connectivity index (χ1) is 10.5. The molecule has 0 atom stereocenters. The summed E-state index contributed by atoms with van der Waals surface area (Å²) in [7, 11) is 1.20. The molecule has 0 bridgehead atoms. The maximum atomic E-state index is 11.9. The monoisotopic (exact) mass is 300 g/mol. The van der Waals surface area contributed by atoms with E-state index in [4.69, 9.17) is 0 Å². The Hall–Kier alpha value is -2.76. The van der Waals surface area contributed by atoms with Crippen molar-refractivity contribution in [1.29, 1.82) is 0 Å². The normalized spacial score (nSPS) is 10.5. The summed E-state index contributed by atoms with van der Waals surface area (Å²) >= 11 is 0. The maximum absolute atomic E-state index is 11.9. The van der Waals surface area contributed by atoms with Gasteiger partial charge in [0.25, 0.3) is 0 Å². The predicted octanol–water partition coefficient (Wildman–Crippen LogP) is 2.75. The molecular formula is C16H16N2O4. The minimum absolute atomic E-state index is 0.0929. The number of hydrogen-bond acceptors (Lipinski definition) is 5. The van der Waals surface area contributed by atoms with Crippen molar-refractivity contribution in [3.8, 4) is 11.4 Å². The van der Waals surface area contributed by atoms with E-state index in [-0.39, 0.29) is 23.0 Å². The Morgan fingerprint density at radius 2 is 1.77 bits per heavy atom. The number of ether oxygens (including phenoxy) is 1. The van der Waals surface area contributed by atoms with E-state index in [0.29, 0.717) is 11.3 Å². The number of methoxy groups -OCH3 is 1. The van der Waals surface area contributed by atoms with E-state index >= 15 is 0 Å². The van der Waals surface area contributed by atoms with Crippen LogP contribution in [0, 0.1) is 0 Å². The molecule has 1 N–H and O–H groups in total. The highest BCUT2D eigenvalue weighted by atomic mass is 16.5. The van der Waals surface area contributed by atoms with Crippen LogP contribution in [0.15, 0.2) is 30.3 Å². The highest BCUT2D eigenvalue weighted by Crippen LogP contribution is 2.25. The minimum Gasteiger partial charge on any atom is -0.476 e. The summed E-state index contributed by atoms with van der Waals surface area (Å²) in [5.74, 6) is -1.92. The quantitative estimate of drug-likeness (QED) is 0.873. The molecule has 6 heteroatoms. The Labute approximate surface area is 127 Å². The molecule has 0 fully saturated rings. The topological polar surface area (TPSA) is 89.4 Å². The van der Waals surface area contributed by atoms with Crippen LogP contribution in [-0.4, -0.2) is 34.1 Å². The molecular weight excluding hydrogens is 284 g/mol. The van der Waals surface area contributed by atoms with E-state index in [1.165, 1.54) is 7.11 Å². The van der Waals surface area contributed by atoms with E-state index in [2.05, 4.69) is 14.7 Å². The number of carbonyl (C=O) groups is 2. The number of nitrogens with zero attached hydrogens (tertiary/aromatic N) is 2. The third-order valence-electron chi connectivity index (χ3n) is 3.11. The first kappa shape index (κ1) is 15.6. The average molecular weight is 300 g/mol. The molecule has 0 aliphatic rings. The van der Waals surface area contributed by atoms with Crippen molar-refractivity contribution in [1.82, 2.24) is 9.97 Å². The first-order valence-corrected chi connectivity index (χ1v) is 6.74. The largest absolute Gasteiger partial charge is 0.476 e. The molecule has 6 nitrogen and oxygen atoms in total. The molecule has 0 amide bonds. The molecule has 2 rings (SSSR count). The van der Waals surface area contributed by atoms with Gasteiger partial charge in [0, 0.05) is 5.56 Å². The molecule has 1 aromatic heterocycles. The van der Waals surface area contributed by atoms with Gasteiger partial charge in [0.05, 0.1) is 12.8 Å².